The van der Waals surface area contributed by atoms with Crippen LogP contribution in [0.3, 0.4) is 0 Å². The fourth-order valence-electron chi connectivity index (χ4n) is 1.53. The summed E-state index contributed by atoms with van der Waals surface area (Å²) in [5, 5.41) is 21.8. The molecule has 0 bridgehead atoms. The Balaban J connectivity index is 2.52. The van der Waals surface area contributed by atoms with Crippen molar-refractivity contribution in [2.24, 2.45) is 0 Å². The molecule has 0 saturated carbocycles. The molecule has 1 atom stereocenters. The van der Waals surface area contributed by atoms with Crippen LogP contribution >= 0.6 is 15.9 Å². The van der Waals surface area contributed by atoms with E-state index in [9.17, 15) is 10.2 Å². The number of hydrogen-bond acceptors (Lipinski definition) is 3. The normalized spacial score (nSPS) is 21.2. The van der Waals surface area contributed by atoms with Crippen molar-refractivity contribution in [1.82, 2.24) is 5.32 Å². The lowest BCUT2D eigenvalue weighted by Gasteiger charge is -2.22. The average molecular weight is 244 g/mol. The van der Waals surface area contributed by atoms with Gasteiger partial charge in [0.25, 0.3) is 0 Å². The highest BCUT2D eigenvalue weighted by Gasteiger charge is 2.18. The van der Waals surface area contributed by atoms with Crippen LogP contribution in [-0.4, -0.2) is 16.8 Å². The van der Waals surface area contributed by atoms with Gasteiger partial charge in [-0.15, -0.1) is 0 Å². The summed E-state index contributed by atoms with van der Waals surface area (Å²) in [6.07, 6.45) is 0.880. The second kappa shape index (κ2) is 3.20. The third-order valence-electron chi connectivity index (χ3n) is 2.23. The van der Waals surface area contributed by atoms with Crippen LogP contribution in [0.2, 0.25) is 0 Å². The lowest BCUT2D eigenvalue weighted by atomic mass is 10.0. The van der Waals surface area contributed by atoms with E-state index >= 15 is 0 Å². The van der Waals surface area contributed by atoms with Gasteiger partial charge in [0.05, 0.1) is 4.95 Å². The first-order valence-corrected chi connectivity index (χ1v) is 5.02. The maximum absolute atomic E-state index is 9.29. The predicted molar refractivity (Wildman–Crippen MR) is 53.1 cm³/mol. The Morgan fingerprint density at radius 2 is 2.00 bits per heavy atom. The van der Waals surface area contributed by atoms with Crippen molar-refractivity contribution in [3.63, 3.8) is 0 Å². The van der Waals surface area contributed by atoms with E-state index in [0.29, 0.717) is 0 Å². The van der Waals surface area contributed by atoms with Gasteiger partial charge >= 0.3 is 0 Å². The molecule has 3 nitrogen and oxygen atoms in total. The molecule has 1 heterocycles. The zero-order chi connectivity index (χ0) is 9.42. The van der Waals surface area contributed by atoms with Gasteiger partial charge in [0.15, 0.2) is 11.5 Å². The number of halogens is 1. The zero-order valence-electron chi connectivity index (χ0n) is 6.92. The van der Waals surface area contributed by atoms with Crippen molar-refractivity contribution in [2.45, 2.75) is 11.4 Å². The summed E-state index contributed by atoms with van der Waals surface area (Å²) in [7, 11) is 0. The fraction of sp³-hybridized carbons (Fsp3) is 0.333. The highest BCUT2D eigenvalue weighted by molar-refractivity contribution is 9.09. The van der Waals surface area contributed by atoms with Gasteiger partial charge in [-0.2, -0.15) is 0 Å². The van der Waals surface area contributed by atoms with Crippen molar-refractivity contribution in [3.05, 3.63) is 23.3 Å². The van der Waals surface area contributed by atoms with Gasteiger partial charge in [0.1, 0.15) is 0 Å². The molecule has 0 radical (unpaired) electrons. The predicted octanol–water partition coefficient (Wildman–Crippen LogP) is 1.64. The van der Waals surface area contributed by atoms with Gasteiger partial charge in [-0.3, -0.25) is 0 Å². The molecule has 0 fully saturated rings. The van der Waals surface area contributed by atoms with E-state index in [4.69, 9.17) is 0 Å². The fourth-order valence-corrected chi connectivity index (χ4v) is 2.19. The monoisotopic (exact) mass is 243 g/mol. The molecule has 0 aliphatic carbocycles. The van der Waals surface area contributed by atoms with Gasteiger partial charge in [0, 0.05) is 6.54 Å². The van der Waals surface area contributed by atoms with Crippen LogP contribution in [0, 0.1) is 0 Å². The molecule has 0 spiro atoms. The Morgan fingerprint density at radius 1 is 1.31 bits per heavy atom. The molecule has 1 aromatic rings. The Bertz CT molecular complexity index is 341. The Kier molecular flexibility index (Phi) is 2.17. The lowest BCUT2D eigenvalue weighted by molar-refractivity contribution is 0.401. The van der Waals surface area contributed by atoms with Crippen molar-refractivity contribution in [1.29, 1.82) is 0 Å². The number of aromatic hydroxyl groups is 2. The van der Waals surface area contributed by atoms with Gasteiger partial charge in [-0.1, -0.05) is 15.9 Å². The summed E-state index contributed by atoms with van der Waals surface area (Å²) in [6, 6.07) is 3.22. The molecule has 13 heavy (non-hydrogen) atoms. The average Bonchev–Trinajstić information content (AvgIpc) is 2.09. The van der Waals surface area contributed by atoms with Crippen LogP contribution in [0.4, 0.5) is 0 Å². The second-order valence-corrected chi connectivity index (χ2v) is 4.02. The molecule has 0 aromatic heterocycles. The molecule has 2 rings (SSSR count). The molecular weight excluding hydrogens is 234 g/mol. The maximum Gasteiger partial charge on any atom is 0.157 e. The molecule has 4 heteroatoms. The van der Waals surface area contributed by atoms with Crippen LogP contribution in [0.25, 0.3) is 0 Å². The minimum atomic E-state index is -0.0631. The lowest BCUT2D eigenvalue weighted by Crippen LogP contribution is -2.25. The SMILES string of the molecule is Oc1cc2c(cc1O)C(Br)NCC2. The summed E-state index contributed by atoms with van der Waals surface area (Å²) < 4.78 is 0. The zero-order valence-corrected chi connectivity index (χ0v) is 8.50. The van der Waals surface area contributed by atoms with Crippen LogP contribution < -0.4 is 5.32 Å². The van der Waals surface area contributed by atoms with Crippen molar-refractivity contribution >= 4 is 15.9 Å². The van der Waals surface area contributed by atoms with E-state index < -0.39 is 0 Å². The molecule has 70 valence electrons. The molecular formula is C9H10BrNO2. The van der Waals surface area contributed by atoms with E-state index in [1.807, 2.05) is 0 Å². The topological polar surface area (TPSA) is 52.5 Å². The minimum absolute atomic E-state index is 0.0413. The number of phenolic OH excluding ortho intramolecular Hbond substituents is 2. The summed E-state index contributed by atoms with van der Waals surface area (Å²) in [6.45, 7) is 0.882. The molecule has 1 aliphatic rings. The second-order valence-electron chi connectivity index (χ2n) is 3.11. The molecule has 1 unspecified atom stereocenters. The number of nitrogens with one attached hydrogen (secondary N) is 1. The van der Waals surface area contributed by atoms with Gasteiger partial charge < -0.3 is 15.5 Å². The van der Waals surface area contributed by atoms with Crippen LogP contribution in [-0.2, 0) is 6.42 Å². The van der Waals surface area contributed by atoms with Crippen LogP contribution in [0.5, 0.6) is 11.5 Å². The third-order valence-corrected chi connectivity index (χ3v) is 3.04. The summed E-state index contributed by atoms with van der Waals surface area (Å²) in [4.78, 5) is 0.0720. The molecule has 0 amide bonds. The Morgan fingerprint density at radius 3 is 2.77 bits per heavy atom. The van der Waals surface area contributed by atoms with Gasteiger partial charge in [0.2, 0.25) is 0 Å². The van der Waals surface area contributed by atoms with E-state index in [-0.39, 0.29) is 16.5 Å². The standard InChI is InChI=1S/C9H10BrNO2/c10-9-6-4-8(13)7(12)3-5(6)1-2-11-9/h3-4,9,11-13H,1-2H2. The van der Waals surface area contributed by atoms with Gasteiger partial charge in [-0.05, 0) is 29.7 Å². The van der Waals surface area contributed by atoms with E-state index in [1.165, 1.54) is 0 Å². The highest BCUT2D eigenvalue weighted by atomic mass is 79.9. The Labute approximate surface area is 84.5 Å². The highest BCUT2D eigenvalue weighted by Crippen LogP contribution is 2.35. The van der Waals surface area contributed by atoms with Crippen LogP contribution in [0.15, 0.2) is 12.1 Å². The molecule has 0 saturated heterocycles. The third kappa shape index (κ3) is 1.51. The minimum Gasteiger partial charge on any atom is -0.504 e. The summed E-state index contributed by atoms with van der Waals surface area (Å²) in [5.41, 5.74) is 2.08. The number of benzene rings is 1. The smallest absolute Gasteiger partial charge is 0.157 e. The van der Waals surface area contributed by atoms with E-state index in [2.05, 4.69) is 21.2 Å². The molecule has 1 aromatic carbocycles. The van der Waals surface area contributed by atoms with E-state index in [1.54, 1.807) is 12.1 Å². The number of alkyl halides is 1. The van der Waals surface area contributed by atoms with Crippen molar-refractivity contribution < 1.29 is 10.2 Å². The molecule has 1 aliphatic heterocycles. The number of hydrogen-bond donors (Lipinski definition) is 3. The van der Waals surface area contributed by atoms with E-state index in [0.717, 1.165) is 24.1 Å². The first-order valence-electron chi connectivity index (χ1n) is 4.10. The van der Waals surface area contributed by atoms with Crippen molar-refractivity contribution in [3.8, 4) is 11.5 Å². The molecule has 3 N–H and O–H groups in total. The number of rotatable bonds is 0. The summed E-state index contributed by atoms with van der Waals surface area (Å²) >= 11 is 3.44. The maximum atomic E-state index is 9.29. The quantitative estimate of drug-likeness (QED) is 0.369. The summed E-state index contributed by atoms with van der Waals surface area (Å²) in [5.74, 6) is -0.104. The largest absolute Gasteiger partial charge is 0.504 e. The Hall–Kier alpha value is -0.740. The van der Waals surface area contributed by atoms with Crippen molar-refractivity contribution in [2.75, 3.05) is 6.54 Å². The number of phenols is 2. The van der Waals surface area contributed by atoms with Gasteiger partial charge in [-0.25, -0.2) is 0 Å². The first-order chi connectivity index (χ1) is 6.18. The van der Waals surface area contributed by atoms with Crippen LogP contribution in [0.1, 0.15) is 16.1 Å². The first kappa shape index (κ1) is 8.84. The number of fused-ring (bicyclic) bond motifs is 1.